The summed E-state index contributed by atoms with van der Waals surface area (Å²) in [4.78, 5) is 17.7. The van der Waals surface area contributed by atoms with Crippen molar-refractivity contribution in [3.8, 4) is 0 Å². The van der Waals surface area contributed by atoms with E-state index in [1.54, 1.807) is 0 Å². The fourth-order valence-electron chi connectivity index (χ4n) is 3.68. The molecule has 162 valence electrons. The number of aryl methyl sites for hydroxylation is 6. The van der Waals surface area contributed by atoms with Crippen LogP contribution in [0.4, 0.5) is 5.69 Å². The number of hydrogen-bond donors (Lipinski definition) is 2. The molecule has 1 amide bonds. The van der Waals surface area contributed by atoms with E-state index in [9.17, 15) is 4.79 Å². The lowest BCUT2D eigenvalue weighted by Gasteiger charge is -2.15. The highest BCUT2D eigenvalue weighted by Crippen LogP contribution is 2.17. The molecule has 0 saturated carbocycles. The maximum absolute atomic E-state index is 13.0. The third-order valence-electron chi connectivity index (χ3n) is 5.40. The van der Waals surface area contributed by atoms with Gasteiger partial charge in [0.05, 0.1) is 12.2 Å². The largest absolute Gasteiger partial charge is 0.326 e. The Balaban J connectivity index is 1.91. The summed E-state index contributed by atoms with van der Waals surface area (Å²) in [5.41, 5.74) is 8.95. The quantitative estimate of drug-likeness (QED) is 0.479. The molecule has 0 aliphatic carbocycles. The number of benzene rings is 2. The SMILES string of the molecule is Cc1cc(C)cc(C(=O)NC(=NCc2c(C)nn(C)c2C)Nc2ccc(C)cc2C)c1. The molecule has 0 spiro atoms. The highest BCUT2D eigenvalue weighted by atomic mass is 16.1. The molecule has 1 heterocycles. The van der Waals surface area contributed by atoms with Gasteiger partial charge in [-0.1, -0.05) is 34.9 Å². The molecule has 0 saturated heterocycles. The molecule has 0 atom stereocenters. The lowest BCUT2D eigenvalue weighted by Crippen LogP contribution is -2.36. The van der Waals surface area contributed by atoms with E-state index in [1.807, 2.05) is 76.7 Å². The molecule has 2 aromatic carbocycles. The molecule has 2 N–H and O–H groups in total. The Hall–Kier alpha value is -3.41. The highest BCUT2D eigenvalue weighted by molar-refractivity contribution is 6.10. The van der Waals surface area contributed by atoms with Gasteiger partial charge in [-0.15, -0.1) is 0 Å². The predicted octanol–water partition coefficient (Wildman–Crippen LogP) is 4.67. The zero-order valence-electron chi connectivity index (χ0n) is 19.4. The number of aliphatic imine (C=N–C) groups is 1. The number of amides is 1. The second-order valence-electron chi connectivity index (χ2n) is 8.21. The van der Waals surface area contributed by atoms with E-state index in [1.165, 1.54) is 5.56 Å². The molecule has 0 radical (unpaired) electrons. The van der Waals surface area contributed by atoms with Gasteiger partial charge in [0.1, 0.15) is 0 Å². The van der Waals surface area contributed by atoms with E-state index in [4.69, 9.17) is 4.99 Å². The molecule has 0 aliphatic heterocycles. The summed E-state index contributed by atoms with van der Waals surface area (Å²) in [7, 11) is 1.92. The lowest BCUT2D eigenvalue weighted by molar-refractivity contribution is 0.0976. The maximum Gasteiger partial charge on any atom is 0.257 e. The van der Waals surface area contributed by atoms with Crippen molar-refractivity contribution in [2.45, 2.75) is 48.1 Å². The van der Waals surface area contributed by atoms with Crippen molar-refractivity contribution in [3.05, 3.63) is 81.2 Å². The van der Waals surface area contributed by atoms with Crippen molar-refractivity contribution in [1.29, 1.82) is 0 Å². The normalized spacial score (nSPS) is 11.5. The number of nitrogens with one attached hydrogen (secondary N) is 2. The van der Waals surface area contributed by atoms with Gasteiger partial charge in [0.2, 0.25) is 5.96 Å². The monoisotopic (exact) mass is 417 g/mol. The van der Waals surface area contributed by atoms with Gasteiger partial charge in [-0.05, 0) is 65.3 Å². The van der Waals surface area contributed by atoms with Crippen molar-refractivity contribution in [1.82, 2.24) is 15.1 Å². The molecule has 0 bridgehead atoms. The first kappa shape index (κ1) is 22.3. The molecular weight excluding hydrogens is 386 g/mol. The van der Waals surface area contributed by atoms with E-state index in [0.717, 1.165) is 39.3 Å². The Bertz CT molecular complexity index is 1140. The molecule has 0 unspecified atom stereocenters. The first-order valence-electron chi connectivity index (χ1n) is 10.4. The summed E-state index contributed by atoms with van der Waals surface area (Å²) in [6.45, 7) is 12.5. The van der Waals surface area contributed by atoms with Crippen LogP contribution in [0.15, 0.2) is 41.4 Å². The number of nitrogens with zero attached hydrogens (tertiary/aromatic N) is 3. The number of carbonyl (C=O) groups excluding carboxylic acids is 1. The third-order valence-corrected chi connectivity index (χ3v) is 5.40. The topological polar surface area (TPSA) is 71.3 Å². The molecule has 0 fully saturated rings. The number of hydrogen-bond acceptors (Lipinski definition) is 3. The smallest absolute Gasteiger partial charge is 0.257 e. The van der Waals surface area contributed by atoms with E-state index in [2.05, 4.69) is 28.7 Å². The molecule has 6 nitrogen and oxygen atoms in total. The molecule has 3 aromatic rings. The second-order valence-corrected chi connectivity index (χ2v) is 8.21. The van der Waals surface area contributed by atoms with Gasteiger partial charge < -0.3 is 5.32 Å². The minimum absolute atomic E-state index is 0.192. The zero-order valence-corrected chi connectivity index (χ0v) is 19.4. The predicted molar refractivity (Wildman–Crippen MR) is 127 cm³/mol. The summed E-state index contributed by atoms with van der Waals surface area (Å²) >= 11 is 0. The summed E-state index contributed by atoms with van der Waals surface area (Å²) in [6.07, 6.45) is 0. The van der Waals surface area contributed by atoms with Crippen LogP contribution in [0.25, 0.3) is 0 Å². The molecule has 6 heteroatoms. The summed E-state index contributed by atoms with van der Waals surface area (Å²) < 4.78 is 1.85. The van der Waals surface area contributed by atoms with Crippen molar-refractivity contribution < 1.29 is 4.79 Å². The Labute approximate surface area is 184 Å². The minimum Gasteiger partial charge on any atom is -0.326 e. The fraction of sp³-hybridized carbons (Fsp3) is 0.320. The Morgan fingerprint density at radius 3 is 2.23 bits per heavy atom. The van der Waals surface area contributed by atoms with Crippen LogP contribution in [0, 0.1) is 41.5 Å². The van der Waals surface area contributed by atoms with Gasteiger partial charge in [0.15, 0.2) is 0 Å². The number of guanidine groups is 1. The van der Waals surface area contributed by atoms with Gasteiger partial charge >= 0.3 is 0 Å². The van der Waals surface area contributed by atoms with Gasteiger partial charge in [0.25, 0.3) is 5.91 Å². The van der Waals surface area contributed by atoms with Crippen LogP contribution in [0.5, 0.6) is 0 Å². The first-order chi connectivity index (χ1) is 14.6. The zero-order chi connectivity index (χ0) is 22.7. The van der Waals surface area contributed by atoms with Crippen molar-refractivity contribution >= 4 is 17.6 Å². The van der Waals surface area contributed by atoms with Gasteiger partial charge in [0, 0.05) is 29.6 Å². The Morgan fingerprint density at radius 2 is 1.65 bits per heavy atom. The Kier molecular flexibility index (Phi) is 6.59. The van der Waals surface area contributed by atoms with Crippen LogP contribution < -0.4 is 10.6 Å². The summed E-state index contributed by atoms with van der Waals surface area (Å²) in [6, 6.07) is 11.9. The van der Waals surface area contributed by atoms with Crippen LogP contribution in [-0.2, 0) is 13.6 Å². The first-order valence-corrected chi connectivity index (χ1v) is 10.4. The van der Waals surface area contributed by atoms with Crippen LogP contribution >= 0.6 is 0 Å². The molecular formula is C25H31N5O. The number of carbonyl (C=O) groups is 1. The van der Waals surface area contributed by atoms with E-state index in [-0.39, 0.29) is 5.91 Å². The lowest BCUT2D eigenvalue weighted by atomic mass is 10.1. The van der Waals surface area contributed by atoms with Gasteiger partial charge in [-0.2, -0.15) is 5.10 Å². The van der Waals surface area contributed by atoms with Crippen LogP contribution in [0.2, 0.25) is 0 Å². The van der Waals surface area contributed by atoms with Crippen LogP contribution in [0.1, 0.15) is 49.6 Å². The van der Waals surface area contributed by atoms with E-state index < -0.39 is 0 Å². The van der Waals surface area contributed by atoms with Gasteiger partial charge in [-0.25, -0.2) is 4.99 Å². The van der Waals surface area contributed by atoms with E-state index in [0.29, 0.717) is 18.1 Å². The summed E-state index contributed by atoms with van der Waals surface area (Å²) in [5.74, 6) is 0.223. The molecule has 3 rings (SSSR count). The highest BCUT2D eigenvalue weighted by Gasteiger charge is 2.13. The molecule has 0 aliphatic rings. The fourth-order valence-corrected chi connectivity index (χ4v) is 3.68. The number of aromatic nitrogens is 2. The van der Waals surface area contributed by atoms with Crippen LogP contribution in [-0.4, -0.2) is 21.6 Å². The minimum atomic E-state index is -0.192. The number of rotatable bonds is 4. The summed E-state index contributed by atoms with van der Waals surface area (Å²) in [5, 5.41) is 10.7. The van der Waals surface area contributed by atoms with Crippen molar-refractivity contribution in [2.75, 3.05) is 5.32 Å². The standard InChI is InChI=1S/C25H31N5O/c1-15-8-9-23(18(4)11-15)27-25(26-14-22-19(5)29-30(7)20(22)6)28-24(31)21-12-16(2)10-17(3)13-21/h8-13H,14H2,1-7H3,(H2,26,27,28,31). The molecule has 31 heavy (non-hydrogen) atoms. The van der Waals surface area contributed by atoms with Crippen LogP contribution in [0.3, 0.4) is 0 Å². The number of anilines is 1. The van der Waals surface area contributed by atoms with E-state index >= 15 is 0 Å². The average Bonchev–Trinajstić information content (AvgIpc) is 2.92. The van der Waals surface area contributed by atoms with Gasteiger partial charge in [-0.3, -0.25) is 14.8 Å². The second kappa shape index (κ2) is 9.16. The maximum atomic E-state index is 13.0. The Morgan fingerprint density at radius 1 is 0.968 bits per heavy atom. The van der Waals surface area contributed by atoms with Crippen molar-refractivity contribution in [2.24, 2.45) is 12.0 Å². The van der Waals surface area contributed by atoms with Crippen molar-refractivity contribution in [3.63, 3.8) is 0 Å². The molecule has 1 aromatic heterocycles. The third kappa shape index (κ3) is 5.40. The average molecular weight is 418 g/mol.